The van der Waals surface area contributed by atoms with E-state index in [0.29, 0.717) is 37.5 Å². The number of benzene rings is 1. The van der Waals surface area contributed by atoms with Gasteiger partial charge in [-0.3, -0.25) is 0 Å². The highest BCUT2D eigenvalue weighted by Crippen LogP contribution is 2.27. The number of ether oxygens (including phenoxy) is 1. The van der Waals surface area contributed by atoms with Crippen LogP contribution in [0.5, 0.6) is 0 Å². The van der Waals surface area contributed by atoms with E-state index >= 15 is 0 Å². The first-order valence-electron chi connectivity index (χ1n) is 11.4. The molecule has 1 aromatic carbocycles. The molecule has 1 saturated heterocycles. The number of likely N-dealkylation sites (N-methyl/N-ethyl adjacent to an activating group) is 1. The number of hydrogen-bond acceptors (Lipinski definition) is 4. The van der Waals surface area contributed by atoms with Gasteiger partial charge in [-0.1, -0.05) is 26.0 Å². The first-order valence-corrected chi connectivity index (χ1v) is 11.4. The summed E-state index contributed by atoms with van der Waals surface area (Å²) < 4.78 is 34.8. The van der Waals surface area contributed by atoms with Crippen LogP contribution in [0.15, 0.2) is 36.6 Å². The fourth-order valence-electron chi connectivity index (χ4n) is 4.29. The van der Waals surface area contributed by atoms with E-state index in [1.807, 2.05) is 44.1 Å². The molecule has 32 heavy (non-hydrogen) atoms. The average molecular weight is 449 g/mol. The quantitative estimate of drug-likeness (QED) is 0.579. The Morgan fingerprint density at radius 1 is 1.25 bits per heavy atom. The molecule has 0 saturated carbocycles. The lowest BCUT2D eigenvalue weighted by Gasteiger charge is -2.37. The lowest BCUT2D eigenvalue weighted by atomic mass is 9.94. The number of piperidine rings is 1. The maximum atomic E-state index is 14.7. The smallest absolute Gasteiger partial charge is 0.338 e. The summed E-state index contributed by atoms with van der Waals surface area (Å²) in [5.41, 5.74) is -0.0150. The van der Waals surface area contributed by atoms with E-state index in [9.17, 15) is 13.6 Å². The number of allylic oxidation sites excluding steroid dienone is 2. The van der Waals surface area contributed by atoms with Crippen molar-refractivity contribution in [3.63, 3.8) is 0 Å². The number of carbonyl (C=O) groups is 1. The van der Waals surface area contributed by atoms with Gasteiger partial charge in [0.25, 0.3) is 0 Å². The summed E-state index contributed by atoms with van der Waals surface area (Å²) in [4.78, 5) is 15.2. The van der Waals surface area contributed by atoms with Crippen molar-refractivity contribution in [3.8, 4) is 0 Å². The number of halogens is 2. The molecule has 0 aliphatic carbocycles. The van der Waals surface area contributed by atoms with Gasteiger partial charge in [-0.25, -0.2) is 13.6 Å². The molecule has 1 N–H and O–H groups in total. The van der Waals surface area contributed by atoms with Crippen molar-refractivity contribution in [1.82, 2.24) is 9.80 Å². The molecule has 0 aromatic heterocycles. The number of aromatic carboxylic acids is 1. The Kier molecular flexibility index (Phi) is 8.06. The Bertz CT molecular complexity index is 859. The second-order valence-corrected chi connectivity index (χ2v) is 8.91. The summed E-state index contributed by atoms with van der Waals surface area (Å²) in [7, 11) is 1.90. The van der Waals surface area contributed by atoms with Crippen LogP contribution < -0.4 is 0 Å². The zero-order valence-electron chi connectivity index (χ0n) is 19.2. The SMILES string of the molecule is CCC(F)(CC)CN1CCC(COC2C=CC(c3ccc(C(=O)O)c(F)c3)=CN2C)CC1. The van der Waals surface area contributed by atoms with Gasteiger partial charge in [-0.05, 0) is 74.0 Å². The third kappa shape index (κ3) is 5.95. The normalized spacial score (nSPS) is 20.5. The fourth-order valence-corrected chi connectivity index (χ4v) is 4.29. The molecule has 176 valence electrons. The number of hydrogen-bond donors (Lipinski definition) is 1. The first kappa shape index (κ1) is 24.4. The molecule has 5 nitrogen and oxygen atoms in total. The highest BCUT2D eigenvalue weighted by molar-refractivity contribution is 5.88. The van der Waals surface area contributed by atoms with Crippen LogP contribution in [0.4, 0.5) is 8.78 Å². The fraction of sp³-hybridized carbons (Fsp3) is 0.560. The zero-order valence-corrected chi connectivity index (χ0v) is 19.2. The Labute approximate surface area is 189 Å². The highest BCUT2D eigenvalue weighted by Gasteiger charge is 2.30. The van der Waals surface area contributed by atoms with Gasteiger partial charge in [-0.2, -0.15) is 0 Å². The van der Waals surface area contributed by atoms with E-state index in [-0.39, 0.29) is 11.8 Å². The van der Waals surface area contributed by atoms with Crippen LogP contribution >= 0.6 is 0 Å². The summed E-state index contributed by atoms with van der Waals surface area (Å²) in [6, 6.07) is 4.13. The molecule has 1 unspecified atom stereocenters. The number of carboxylic acids is 1. The Hall–Kier alpha value is -2.25. The summed E-state index contributed by atoms with van der Waals surface area (Å²) in [5, 5.41) is 8.98. The predicted octanol–water partition coefficient (Wildman–Crippen LogP) is 4.95. The van der Waals surface area contributed by atoms with Gasteiger partial charge >= 0.3 is 5.97 Å². The van der Waals surface area contributed by atoms with E-state index in [4.69, 9.17) is 9.84 Å². The Morgan fingerprint density at radius 3 is 2.50 bits per heavy atom. The second kappa shape index (κ2) is 10.6. The molecule has 1 aromatic rings. The molecular weight excluding hydrogens is 414 g/mol. The maximum absolute atomic E-state index is 14.7. The van der Waals surface area contributed by atoms with Gasteiger partial charge in [0.15, 0.2) is 0 Å². The number of rotatable bonds is 9. The molecule has 2 aliphatic heterocycles. The van der Waals surface area contributed by atoms with E-state index in [2.05, 4.69) is 4.90 Å². The molecule has 7 heteroatoms. The van der Waals surface area contributed by atoms with Crippen molar-refractivity contribution < 1.29 is 23.4 Å². The summed E-state index contributed by atoms with van der Waals surface area (Å²) in [6.45, 7) is 6.79. The highest BCUT2D eigenvalue weighted by atomic mass is 19.1. The van der Waals surface area contributed by atoms with Crippen molar-refractivity contribution in [2.75, 3.05) is 33.3 Å². The minimum absolute atomic E-state index is 0.210. The standard InChI is InChI=1S/C25H34F2N2O3/c1-4-25(27,5-2)17-29-12-10-18(11-13-29)16-32-23-9-7-20(15-28(23)3)19-6-8-21(24(30)31)22(26)14-19/h6-9,14-15,18,23H,4-5,10-13,16-17H2,1-3H3,(H,30,31). The van der Waals surface area contributed by atoms with Crippen LogP contribution in [0.2, 0.25) is 0 Å². The average Bonchev–Trinajstić information content (AvgIpc) is 2.78. The van der Waals surface area contributed by atoms with E-state index in [1.165, 1.54) is 12.1 Å². The third-order valence-electron chi connectivity index (χ3n) is 6.70. The van der Waals surface area contributed by atoms with Crippen LogP contribution in [0, 0.1) is 11.7 Å². The largest absolute Gasteiger partial charge is 0.478 e. The topological polar surface area (TPSA) is 53.0 Å². The van der Waals surface area contributed by atoms with Crippen molar-refractivity contribution >= 4 is 11.5 Å². The number of nitrogens with zero attached hydrogens (tertiary/aromatic N) is 2. The molecule has 2 aliphatic rings. The lowest BCUT2D eigenvalue weighted by molar-refractivity contribution is -0.0256. The van der Waals surface area contributed by atoms with E-state index in [1.54, 1.807) is 6.07 Å². The van der Waals surface area contributed by atoms with Crippen molar-refractivity contribution in [2.45, 2.75) is 51.4 Å². The van der Waals surface area contributed by atoms with E-state index < -0.39 is 17.5 Å². The molecule has 0 amide bonds. The van der Waals surface area contributed by atoms with Crippen molar-refractivity contribution in [3.05, 3.63) is 53.5 Å². The summed E-state index contributed by atoms with van der Waals surface area (Å²) in [6.07, 6.45) is 8.57. The van der Waals surface area contributed by atoms with Crippen molar-refractivity contribution in [1.29, 1.82) is 0 Å². The second-order valence-electron chi connectivity index (χ2n) is 8.91. The molecule has 1 fully saturated rings. The van der Waals surface area contributed by atoms with Crippen LogP contribution in [0.3, 0.4) is 0 Å². The van der Waals surface area contributed by atoms with Crippen LogP contribution in [0.25, 0.3) is 5.57 Å². The number of alkyl halides is 1. The van der Waals surface area contributed by atoms with E-state index in [0.717, 1.165) is 31.5 Å². The number of carboxylic acid groups (broad SMARTS) is 1. The molecule has 0 radical (unpaired) electrons. The molecule has 0 spiro atoms. The predicted molar refractivity (Wildman–Crippen MR) is 122 cm³/mol. The Balaban J connectivity index is 1.48. The molecular formula is C25H34F2N2O3. The van der Waals surface area contributed by atoms with Gasteiger partial charge in [-0.15, -0.1) is 0 Å². The van der Waals surface area contributed by atoms with Gasteiger partial charge < -0.3 is 19.6 Å². The molecule has 3 rings (SSSR count). The van der Waals surface area contributed by atoms with Crippen molar-refractivity contribution in [2.24, 2.45) is 5.92 Å². The zero-order chi connectivity index (χ0) is 23.3. The maximum Gasteiger partial charge on any atom is 0.338 e. The van der Waals surface area contributed by atoms with Gasteiger partial charge in [0.05, 0.1) is 12.2 Å². The lowest BCUT2D eigenvalue weighted by Crippen LogP contribution is -2.44. The minimum atomic E-state index is -1.28. The first-order chi connectivity index (χ1) is 15.2. The summed E-state index contributed by atoms with van der Waals surface area (Å²) >= 11 is 0. The molecule has 2 heterocycles. The van der Waals surface area contributed by atoms with Gasteiger partial charge in [0.2, 0.25) is 0 Å². The van der Waals surface area contributed by atoms with Gasteiger partial charge in [0.1, 0.15) is 17.7 Å². The number of likely N-dealkylation sites (tertiary alicyclic amines) is 1. The van der Waals surface area contributed by atoms with Crippen LogP contribution in [-0.4, -0.2) is 66.1 Å². The monoisotopic (exact) mass is 448 g/mol. The minimum Gasteiger partial charge on any atom is -0.478 e. The van der Waals surface area contributed by atoms with Crippen LogP contribution in [0.1, 0.15) is 55.5 Å². The molecule has 0 bridgehead atoms. The van der Waals surface area contributed by atoms with Crippen LogP contribution in [-0.2, 0) is 4.74 Å². The van der Waals surface area contributed by atoms with Gasteiger partial charge in [0, 0.05) is 19.8 Å². The molecule has 1 atom stereocenters. The summed E-state index contributed by atoms with van der Waals surface area (Å²) in [5.74, 6) is -1.58. The Morgan fingerprint density at radius 2 is 1.94 bits per heavy atom. The third-order valence-corrected chi connectivity index (χ3v) is 6.70.